The second kappa shape index (κ2) is 7.77. The molecule has 0 aromatic heterocycles. The summed E-state index contributed by atoms with van der Waals surface area (Å²) in [7, 11) is 0. The van der Waals surface area contributed by atoms with Crippen LogP contribution < -0.4 is 9.80 Å². The molecule has 8 aliphatic carbocycles. The molecule has 2 aromatic rings. The van der Waals surface area contributed by atoms with E-state index in [2.05, 4.69) is 70.5 Å². The Balaban J connectivity index is 1.22. The van der Waals surface area contributed by atoms with Crippen LogP contribution in [0.15, 0.2) is 60.7 Å². The zero-order valence-electron chi connectivity index (χ0n) is 21.3. The third-order valence-corrected chi connectivity index (χ3v) is 11.6. The van der Waals surface area contributed by atoms with Crippen LogP contribution in [0.2, 0.25) is 0 Å². The van der Waals surface area contributed by atoms with Crippen LogP contribution in [0.5, 0.6) is 0 Å². The third-order valence-electron chi connectivity index (χ3n) is 11.6. The fourth-order valence-corrected chi connectivity index (χ4v) is 11.2. The number of benzene rings is 2. The summed E-state index contributed by atoms with van der Waals surface area (Å²) in [5, 5.41) is 0. The van der Waals surface area contributed by atoms with Gasteiger partial charge in [0.25, 0.3) is 0 Å². The van der Waals surface area contributed by atoms with Crippen molar-refractivity contribution in [3.63, 3.8) is 0 Å². The Labute approximate surface area is 212 Å². The van der Waals surface area contributed by atoms with Crippen molar-refractivity contribution in [3.05, 3.63) is 60.7 Å². The summed E-state index contributed by atoms with van der Waals surface area (Å²) in [4.78, 5) is 5.92. The van der Waals surface area contributed by atoms with Crippen LogP contribution in [0.25, 0.3) is 0 Å². The summed E-state index contributed by atoms with van der Waals surface area (Å²) in [6.45, 7) is 1.08. The van der Waals surface area contributed by atoms with Crippen LogP contribution in [0.1, 0.15) is 77.0 Å². The predicted molar refractivity (Wildman–Crippen MR) is 145 cm³/mol. The van der Waals surface area contributed by atoms with Gasteiger partial charge in [-0.1, -0.05) is 36.4 Å². The minimum Gasteiger partial charge on any atom is -0.348 e. The molecule has 2 nitrogen and oxygen atoms in total. The molecule has 8 bridgehead atoms. The fourth-order valence-electron chi connectivity index (χ4n) is 11.2. The maximum Gasteiger partial charge on any atom is 0.0913 e. The Hall–Kier alpha value is -1.96. The molecule has 8 saturated carbocycles. The standard InChI is InChI=1S/C33H42N2/c1-3-7-30(8-4-1)34(32-17-24-11-25(18-32)13-26(12-24)19-32)23-35(31-9-5-2-6-10-31)33-20-27-14-28(21-33)16-29(15-27)22-33/h1-10,24-29H,11-23H2. The van der Waals surface area contributed by atoms with Crippen LogP contribution in [-0.4, -0.2) is 17.7 Å². The quantitative estimate of drug-likeness (QED) is 0.399. The molecule has 8 aliphatic rings. The monoisotopic (exact) mass is 466 g/mol. The predicted octanol–water partition coefficient (Wildman–Crippen LogP) is 7.89. The summed E-state index contributed by atoms with van der Waals surface area (Å²) in [6.07, 6.45) is 17.6. The minimum atomic E-state index is 0.366. The van der Waals surface area contributed by atoms with E-state index in [1.165, 1.54) is 88.4 Å². The van der Waals surface area contributed by atoms with E-state index in [4.69, 9.17) is 0 Å². The van der Waals surface area contributed by atoms with Gasteiger partial charge >= 0.3 is 0 Å². The van der Waals surface area contributed by atoms with Crippen molar-refractivity contribution in [1.82, 2.24) is 0 Å². The molecular weight excluding hydrogens is 424 g/mol. The molecule has 2 heteroatoms. The average Bonchev–Trinajstić information content (AvgIpc) is 2.84. The van der Waals surface area contributed by atoms with E-state index in [-0.39, 0.29) is 0 Å². The van der Waals surface area contributed by atoms with Gasteiger partial charge in [-0.05, 0) is 137 Å². The summed E-state index contributed by atoms with van der Waals surface area (Å²) < 4.78 is 0. The van der Waals surface area contributed by atoms with Gasteiger partial charge in [0.2, 0.25) is 0 Å². The highest BCUT2D eigenvalue weighted by Gasteiger charge is 2.57. The average molecular weight is 467 g/mol. The minimum absolute atomic E-state index is 0.366. The molecule has 35 heavy (non-hydrogen) atoms. The molecule has 0 aliphatic heterocycles. The lowest BCUT2D eigenvalue weighted by Crippen LogP contribution is -2.67. The van der Waals surface area contributed by atoms with Crippen LogP contribution in [0.4, 0.5) is 11.4 Å². The molecule has 0 heterocycles. The second-order valence-corrected chi connectivity index (χ2v) is 14.0. The summed E-state index contributed by atoms with van der Waals surface area (Å²) in [5.41, 5.74) is 3.68. The van der Waals surface area contributed by atoms with Crippen molar-refractivity contribution in [2.75, 3.05) is 16.5 Å². The zero-order valence-corrected chi connectivity index (χ0v) is 21.3. The molecule has 0 unspecified atom stereocenters. The lowest BCUT2D eigenvalue weighted by atomic mass is 9.52. The first-order chi connectivity index (χ1) is 17.2. The molecule has 10 rings (SSSR count). The molecule has 8 fully saturated rings. The number of para-hydroxylation sites is 2. The number of rotatable bonds is 6. The molecule has 0 amide bonds. The van der Waals surface area contributed by atoms with Crippen molar-refractivity contribution < 1.29 is 0 Å². The van der Waals surface area contributed by atoms with E-state index in [1.807, 2.05) is 0 Å². The van der Waals surface area contributed by atoms with Gasteiger partial charge < -0.3 is 9.80 Å². The number of nitrogens with zero attached hydrogens (tertiary/aromatic N) is 2. The first-order valence-electron chi connectivity index (χ1n) is 14.8. The van der Waals surface area contributed by atoms with Crippen molar-refractivity contribution in [3.8, 4) is 0 Å². The molecule has 2 aromatic carbocycles. The first-order valence-corrected chi connectivity index (χ1v) is 14.8. The Morgan fingerprint density at radius 3 is 1.03 bits per heavy atom. The normalized spacial score (nSPS) is 42.4. The summed E-state index contributed by atoms with van der Waals surface area (Å²) in [6, 6.07) is 23.2. The van der Waals surface area contributed by atoms with Gasteiger partial charge in [0.15, 0.2) is 0 Å². The number of hydrogen-bond donors (Lipinski definition) is 0. The summed E-state index contributed by atoms with van der Waals surface area (Å²) >= 11 is 0. The Morgan fingerprint density at radius 2 is 0.743 bits per heavy atom. The molecule has 0 spiro atoms. The SMILES string of the molecule is c1ccc(N(CN(c2ccccc2)C23CC4CC(CC(C4)C2)C3)C23CC4CC(CC(C4)C2)C3)cc1. The Morgan fingerprint density at radius 1 is 0.457 bits per heavy atom. The summed E-state index contributed by atoms with van der Waals surface area (Å²) in [5.74, 6) is 5.82. The van der Waals surface area contributed by atoms with Crippen LogP contribution in [0, 0.1) is 35.5 Å². The molecule has 0 radical (unpaired) electrons. The lowest BCUT2D eigenvalue weighted by molar-refractivity contribution is -0.0151. The van der Waals surface area contributed by atoms with E-state index < -0.39 is 0 Å². The maximum absolute atomic E-state index is 2.96. The van der Waals surface area contributed by atoms with Crippen molar-refractivity contribution in [2.24, 2.45) is 35.5 Å². The highest BCUT2D eigenvalue weighted by Crippen LogP contribution is 2.61. The maximum atomic E-state index is 2.96. The first kappa shape index (κ1) is 21.2. The zero-order chi connectivity index (χ0) is 23.0. The van der Waals surface area contributed by atoms with Gasteiger partial charge in [0, 0.05) is 22.5 Å². The van der Waals surface area contributed by atoms with Gasteiger partial charge in [-0.25, -0.2) is 0 Å². The van der Waals surface area contributed by atoms with Gasteiger partial charge in [0.1, 0.15) is 0 Å². The highest BCUT2D eigenvalue weighted by atomic mass is 15.4. The van der Waals surface area contributed by atoms with Crippen LogP contribution >= 0.6 is 0 Å². The van der Waals surface area contributed by atoms with E-state index in [0.29, 0.717) is 11.1 Å². The lowest BCUT2D eigenvalue weighted by Gasteiger charge is -2.65. The fraction of sp³-hybridized carbons (Fsp3) is 0.636. The van der Waals surface area contributed by atoms with Crippen molar-refractivity contribution in [2.45, 2.75) is 88.1 Å². The topological polar surface area (TPSA) is 6.48 Å². The molecular formula is C33H42N2. The van der Waals surface area contributed by atoms with E-state index in [1.54, 1.807) is 0 Å². The Bertz CT molecular complexity index is 903. The molecule has 0 saturated heterocycles. The molecule has 0 N–H and O–H groups in total. The Kier molecular flexibility index (Phi) is 4.70. The smallest absolute Gasteiger partial charge is 0.0913 e. The van der Waals surface area contributed by atoms with Gasteiger partial charge in [-0.15, -0.1) is 0 Å². The molecule has 0 atom stereocenters. The van der Waals surface area contributed by atoms with E-state index in [9.17, 15) is 0 Å². The van der Waals surface area contributed by atoms with Gasteiger partial charge in [-0.2, -0.15) is 0 Å². The van der Waals surface area contributed by atoms with Crippen molar-refractivity contribution >= 4 is 11.4 Å². The van der Waals surface area contributed by atoms with E-state index in [0.717, 1.165) is 42.2 Å². The van der Waals surface area contributed by atoms with Crippen molar-refractivity contribution in [1.29, 1.82) is 0 Å². The van der Waals surface area contributed by atoms with E-state index >= 15 is 0 Å². The molecule has 184 valence electrons. The van der Waals surface area contributed by atoms with Gasteiger partial charge in [0.05, 0.1) is 6.67 Å². The second-order valence-electron chi connectivity index (χ2n) is 14.0. The largest absolute Gasteiger partial charge is 0.348 e. The van der Waals surface area contributed by atoms with Crippen LogP contribution in [-0.2, 0) is 0 Å². The van der Waals surface area contributed by atoms with Gasteiger partial charge in [-0.3, -0.25) is 0 Å². The van der Waals surface area contributed by atoms with Crippen LogP contribution in [0.3, 0.4) is 0 Å². The highest BCUT2D eigenvalue weighted by molar-refractivity contribution is 5.56. The third kappa shape index (κ3) is 3.41. The number of hydrogen-bond acceptors (Lipinski definition) is 2. The number of anilines is 2.